The van der Waals surface area contributed by atoms with Crippen molar-refractivity contribution >= 4 is 22.3 Å². The predicted octanol–water partition coefficient (Wildman–Crippen LogP) is 3.81. The number of benzene rings is 1. The highest BCUT2D eigenvalue weighted by Crippen LogP contribution is 2.29. The molecule has 0 aliphatic heterocycles. The van der Waals surface area contributed by atoms with Gasteiger partial charge in [-0.15, -0.1) is 0 Å². The Bertz CT molecular complexity index is 807. The summed E-state index contributed by atoms with van der Waals surface area (Å²) in [5.74, 6) is 0.0652. The zero-order valence-corrected chi connectivity index (χ0v) is 12.6. The van der Waals surface area contributed by atoms with Gasteiger partial charge in [-0.25, -0.2) is 4.98 Å². The van der Waals surface area contributed by atoms with Crippen LogP contribution in [0.2, 0.25) is 0 Å². The average molecular weight is 347 g/mol. The first-order valence-electron chi connectivity index (χ1n) is 6.34. The van der Waals surface area contributed by atoms with Crippen molar-refractivity contribution in [3.63, 3.8) is 0 Å². The molecule has 1 aromatic heterocycles. The standard InChI is InChI=1S/C14H12F3NO4S/c1-9(23(19,20)21)12-8-22-13(18-12)7-4-10-2-5-11(6-3-10)14(15,16)17/h2-9H,1H3,(H,19,20,21). The number of nitrogens with zero attached hydrogens (tertiary/aromatic N) is 1. The quantitative estimate of drug-likeness (QED) is 0.851. The summed E-state index contributed by atoms with van der Waals surface area (Å²) in [6.07, 6.45) is -0.465. The highest BCUT2D eigenvalue weighted by molar-refractivity contribution is 7.86. The smallest absolute Gasteiger partial charge is 0.416 e. The fourth-order valence-corrected chi connectivity index (χ4v) is 2.08. The van der Waals surface area contributed by atoms with E-state index >= 15 is 0 Å². The normalized spacial score (nSPS) is 14.3. The third-order valence-corrected chi connectivity index (χ3v) is 4.19. The fourth-order valence-electron chi connectivity index (χ4n) is 1.67. The maximum absolute atomic E-state index is 12.4. The monoisotopic (exact) mass is 347 g/mol. The van der Waals surface area contributed by atoms with Crippen LogP contribution >= 0.6 is 0 Å². The zero-order chi connectivity index (χ0) is 17.3. The second kappa shape index (κ2) is 6.17. The molecule has 0 saturated carbocycles. The van der Waals surface area contributed by atoms with Crippen LogP contribution in [-0.4, -0.2) is 18.0 Å². The van der Waals surface area contributed by atoms with Crippen LogP contribution in [0.25, 0.3) is 12.2 Å². The molecule has 1 heterocycles. The molecular weight excluding hydrogens is 335 g/mol. The van der Waals surface area contributed by atoms with E-state index < -0.39 is 27.1 Å². The topological polar surface area (TPSA) is 80.4 Å². The molecule has 2 rings (SSSR count). The van der Waals surface area contributed by atoms with Gasteiger partial charge in [0, 0.05) is 6.08 Å². The van der Waals surface area contributed by atoms with Crippen molar-refractivity contribution in [1.29, 1.82) is 0 Å². The molecule has 0 radical (unpaired) electrons. The summed E-state index contributed by atoms with van der Waals surface area (Å²) in [4.78, 5) is 3.88. The molecule has 0 bridgehead atoms. The Morgan fingerprint density at radius 3 is 2.35 bits per heavy atom. The van der Waals surface area contributed by atoms with Crippen molar-refractivity contribution in [2.45, 2.75) is 18.3 Å². The molecule has 9 heteroatoms. The lowest BCUT2D eigenvalue weighted by Gasteiger charge is -2.05. The number of alkyl halides is 3. The Balaban J connectivity index is 2.14. The summed E-state index contributed by atoms with van der Waals surface area (Å²) < 4.78 is 73.2. The second-order valence-electron chi connectivity index (χ2n) is 4.72. The summed E-state index contributed by atoms with van der Waals surface area (Å²) in [5.41, 5.74) is -0.241. The van der Waals surface area contributed by atoms with E-state index in [-0.39, 0.29) is 11.6 Å². The number of oxazole rings is 1. The largest absolute Gasteiger partial charge is 0.445 e. The van der Waals surface area contributed by atoms with E-state index in [1.54, 1.807) is 0 Å². The van der Waals surface area contributed by atoms with E-state index in [4.69, 9.17) is 8.97 Å². The predicted molar refractivity (Wildman–Crippen MR) is 76.8 cm³/mol. The van der Waals surface area contributed by atoms with Gasteiger partial charge in [-0.3, -0.25) is 4.55 Å². The summed E-state index contributed by atoms with van der Waals surface area (Å²) in [5, 5.41) is -1.24. The Morgan fingerprint density at radius 2 is 1.83 bits per heavy atom. The Labute approximate surface area is 130 Å². The third kappa shape index (κ3) is 4.42. The van der Waals surface area contributed by atoms with Gasteiger partial charge >= 0.3 is 6.18 Å². The highest BCUT2D eigenvalue weighted by Gasteiger charge is 2.29. The van der Waals surface area contributed by atoms with E-state index in [2.05, 4.69) is 4.98 Å². The highest BCUT2D eigenvalue weighted by atomic mass is 32.2. The lowest BCUT2D eigenvalue weighted by Crippen LogP contribution is -2.08. The summed E-state index contributed by atoms with van der Waals surface area (Å²) in [7, 11) is -4.28. The fraction of sp³-hybridized carbons (Fsp3) is 0.214. The SMILES string of the molecule is CC(c1coc(C=Cc2ccc(C(F)(F)F)cc2)n1)S(=O)(=O)O. The molecule has 2 aromatic rings. The molecule has 5 nitrogen and oxygen atoms in total. The summed E-state index contributed by atoms with van der Waals surface area (Å²) in [6.45, 7) is 1.25. The second-order valence-corrected chi connectivity index (χ2v) is 6.46. The molecule has 0 spiro atoms. The van der Waals surface area contributed by atoms with Gasteiger partial charge < -0.3 is 4.42 Å². The number of halogens is 3. The molecule has 124 valence electrons. The maximum Gasteiger partial charge on any atom is 0.416 e. The minimum atomic E-state index is -4.40. The van der Waals surface area contributed by atoms with Crippen molar-refractivity contribution in [1.82, 2.24) is 4.98 Å². The summed E-state index contributed by atoms with van der Waals surface area (Å²) >= 11 is 0. The van der Waals surface area contributed by atoms with Crippen LogP contribution in [0, 0.1) is 0 Å². The molecule has 0 amide bonds. The molecule has 1 atom stereocenters. The lowest BCUT2D eigenvalue weighted by molar-refractivity contribution is -0.137. The van der Waals surface area contributed by atoms with E-state index in [0.29, 0.717) is 5.56 Å². The van der Waals surface area contributed by atoms with Crippen molar-refractivity contribution in [3.05, 3.63) is 53.2 Å². The Morgan fingerprint density at radius 1 is 1.22 bits per heavy atom. The number of rotatable bonds is 4. The van der Waals surface area contributed by atoms with Crippen LogP contribution in [0.1, 0.15) is 34.9 Å². The number of aromatic nitrogens is 1. The molecule has 0 aliphatic rings. The molecule has 0 fully saturated rings. The van der Waals surface area contributed by atoms with E-state index in [1.165, 1.54) is 31.2 Å². The molecule has 1 aromatic carbocycles. The minimum Gasteiger partial charge on any atom is -0.445 e. The van der Waals surface area contributed by atoms with Gasteiger partial charge in [0.1, 0.15) is 11.5 Å². The van der Waals surface area contributed by atoms with Gasteiger partial charge in [0.15, 0.2) is 0 Å². The van der Waals surface area contributed by atoms with Crippen LogP contribution < -0.4 is 0 Å². The van der Waals surface area contributed by atoms with Crippen LogP contribution in [0.15, 0.2) is 34.9 Å². The van der Waals surface area contributed by atoms with Crippen molar-refractivity contribution in [2.24, 2.45) is 0 Å². The number of hydrogen-bond acceptors (Lipinski definition) is 4. The average Bonchev–Trinajstić information content (AvgIpc) is 2.91. The summed E-state index contributed by atoms with van der Waals surface area (Å²) in [6, 6.07) is 4.45. The van der Waals surface area contributed by atoms with Gasteiger partial charge in [0.05, 0.1) is 11.3 Å². The van der Waals surface area contributed by atoms with Gasteiger partial charge in [-0.2, -0.15) is 21.6 Å². The first kappa shape index (κ1) is 17.2. The Kier molecular flexibility index (Phi) is 4.62. The van der Waals surface area contributed by atoms with Crippen molar-refractivity contribution < 1.29 is 30.6 Å². The van der Waals surface area contributed by atoms with Crippen molar-refractivity contribution in [2.75, 3.05) is 0 Å². The van der Waals surface area contributed by atoms with Gasteiger partial charge in [0.25, 0.3) is 10.1 Å². The molecule has 1 unspecified atom stereocenters. The number of hydrogen-bond donors (Lipinski definition) is 1. The van der Waals surface area contributed by atoms with Gasteiger partial charge in [0.2, 0.25) is 5.89 Å². The minimum absolute atomic E-state index is 0.0274. The molecule has 23 heavy (non-hydrogen) atoms. The van der Waals surface area contributed by atoms with Crippen LogP contribution in [0.5, 0.6) is 0 Å². The van der Waals surface area contributed by atoms with Crippen molar-refractivity contribution in [3.8, 4) is 0 Å². The van der Waals surface area contributed by atoms with Crippen LogP contribution in [-0.2, 0) is 16.3 Å². The van der Waals surface area contributed by atoms with Crippen LogP contribution in [0.3, 0.4) is 0 Å². The van der Waals surface area contributed by atoms with E-state index in [0.717, 1.165) is 18.4 Å². The van der Waals surface area contributed by atoms with Crippen LogP contribution in [0.4, 0.5) is 13.2 Å². The molecule has 0 saturated heterocycles. The molecular formula is C14H12F3NO4S. The first-order chi connectivity index (χ1) is 10.6. The zero-order valence-electron chi connectivity index (χ0n) is 11.8. The van der Waals surface area contributed by atoms with Gasteiger partial charge in [-0.1, -0.05) is 12.1 Å². The maximum atomic E-state index is 12.4. The third-order valence-electron chi connectivity index (χ3n) is 3.06. The molecule has 0 aliphatic carbocycles. The lowest BCUT2D eigenvalue weighted by atomic mass is 10.1. The first-order valence-corrected chi connectivity index (χ1v) is 7.85. The Hall–Kier alpha value is -2.13. The van der Waals surface area contributed by atoms with Gasteiger partial charge in [-0.05, 0) is 30.7 Å². The van der Waals surface area contributed by atoms with E-state index in [1.807, 2.05) is 0 Å². The van der Waals surface area contributed by atoms with E-state index in [9.17, 15) is 21.6 Å². The molecule has 1 N–H and O–H groups in total.